The maximum absolute atomic E-state index is 13.8. The van der Waals surface area contributed by atoms with Crippen LogP contribution in [-0.2, 0) is 34.4 Å². The van der Waals surface area contributed by atoms with E-state index in [4.69, 9.17) is 0 Å². The minimum Gasteiger partial charge on any atom is -0.508 e. The van der Waals surface area contributed by atoms with E-state index in [1.807, 2.05) is 59.2 Å². The van der Waals surface area contributed by atoms with Gasteiger partial charge in [-0.05, 0) is 53.0 Å². The molecule has 0 fully saturated rings. The summed E-state index contributed by atoms with van der Waals surface area (Å²) in [5.41, 5.74) is 4.04. The Balaban J connectivity index is 1.29. The smallest absolute Gasteiger partial charge is 0.244 e. The maximum atomic E-state index is 13.8. The molecule has 4 aromatic carbocycles. The van der Waals surface area contributed by atoms with Crippen LogP contribution in [0.2, 0.25) is 0 Å². The van der Waals surface area contributed by atoms with Gasteiger partial charge in [-0.15, -0.1) is 0 Å². The van der Waals surface area contributed by atoms with Crippen molar-refractivity contribution in [2.24, 2.45) is 5.92 Å². The molecule has 5 aromatic rings. The van der Waals surface area contributed by atoms with Gasteiger partial charge in [-0.2, -0.15) is 0 Å². The number of phenolic OH excluding ortho intramolecular Hbond substituents is 2. The third-order valence-electron chi connectivity index (χ3n) is 9.53. The highest BCUT2D eigenvalue weighted by atomic mass is 16.3. The minimum atomic E-state index is -0.991. The van der Waals surface area contributed by atoms with Crippen LogP contribution in [0.25, 0.3) is 0 Å². The summed E-state index contributed by atoms with van der Waals surface area (Å²) in [4.78, 5) is 31.6. The van der Waals surface area contributed by atoms with Crippen molar-refractivity contribution in [3.8, 4) is 11.5 Å². The second-order valence-corrected chi connectivity index (χ2v) is 13.1. The molecule has 2 amide bonds. The molecule has 0 aliphatic heterocycles. The summed E-state index contributed by atoms with van der Waals surface area (Å²) in [5, 5.41) is 45.0. The first kappa shape index (κ1) is 36.2. The average molecular weight is 711 g/mol. The Bertz CT molecular complexity index is 2010. The number of hydrogen-bond donors (Lipinski definition) is 6. The van der Waals surface area contributed by atoms with Crippen LogP contribution in [-0.4, -0.2) is 54.4 Å². The number of aliphatic hydroxyl groups excluding tert-OH is 2. The zero-order chi connectivity index (χ0) is 37.2. The minimum absolute atomic E-state index is 0.126. The van der Waals surface area contributed by atoms with Gasteiger partial charge in [0.25, 0.3) is 0 Å². The highest BCUT2D eigenvalue weighted by molar-refractivity contribution is 5.93. The Morgan fingerprint density at radius 3 is 2.06 bits per heavy atom. The number of nitrogens with zero attached hydrogens (tertiary/aromatic N) is 2. The Hall–Kier alpha value is -6.55. The molecule has 0 spiro atoms. The number of nitrogens with one attached hydrogen (secondary N) is 2. The van der Waals surface area contributed by atoms with E-state index in [2.05, 4.69) is 52.0 Å². The molecule has 1 aliphatic rings. The van der Waals surface area contributed by atoms with Crippen LogP contribution in [0.5, 0.6) is 11.5 Å². The lowest BCUT2D eigenvalue weighted by Crippen LogP contribution is -2.48. The Kier molecular flexibility index (Phi) is 11.4. The lowest BCUT2D eigenvalue weighted by atomic mass is 9.69. The average Bonchev–Trinajstić information content (AvgIpc) is 3.62. The number of aliphatic hydroxyl groups is 2. The van der Waals surface area contributed by atoms with Gasteiger partial charge in [0.05, 0.1) is 11.7 Å². The number of amides is 2. The molecule has 6 rings (SSSR count). The molecule has 0 bridgehead atoms. The van der Waals surface area contributed by atoms with Gasteiger partial charge in [-0.25, -0.2) is 4.98 Å². The summed E-state index contributed by atoms with van der Waals surface area (Å²) in [6, 6.07) is 34.3. The normalized spacial score (nSPS) is 15.0. The number of aromatic nitrogens is 2. The Labute approximate surface area is 308 Å². The molecule has 10 heteroatoms. The van der Waals surface area contributed by atoms with E-state index in [1.54, 1.807) is 30.7 Å². The molecular weight excluding hydrogens is 668 g/mol. The Morgan fingerprint density at radius 2 is 1.47 bits per heavy atom. The summed E-state index contributed by atoms with van der Waals surface area (Å²) in [6.45, 7) is 0.663. The van der Waals surface area contributed by atoms with Gasteiger partial charge < -0.3 is 35.6 Å². The number of carbonyl (C=O) groups is 2. The quantitative estimate of drug-likeness (QED) is 0.0457. The molecule has 1 aliphatic carbocycles. The summed E-state index contributed by atoms with van der Waals surface area (Å²) >= 11 is 0. The largest absolute Gasteiger partial charge is 0.508 e. The summed E-state index contributed by atoms with van der Waals surface area (Å²) in [7, 11) is 0. The van der Waals surface area contributed by atoms with Gasteiger partial charge in [-0.3, -0.25) is 9.59 Å². The van der Waals surface area contributed by atoms with E-state index in [1.165, 1.54) is 24.3 Å². The van der Waals surface area contributed by atoms with E-state index in [-0.39, 0.29) is 48.3 Å². The van der Waals surface area contributed by atoms with E-state index in [0.717, 1.165) is 22.4 Å². The molecule has 6 N–H and O–H groups in total. The van der Waals surface area contributed by atoms with E-state index < -0.39 is 23.3 Å². The third-order valence-corrected chi connectivity index (χ3v) is 9.53. The molecule has 0 saturated carbocycles. The number of carbonyl (C=O) groups excluding carboxylic acids is 2. The van der Waals surface area contributed by atoms with Gasteiger partial charge >= 0.3 is 0 Å². The van der Waals surface area contributed by atoms with Crippen molar-refractivity contribution in [2.45, 2.75) is 37.3 Å². The van der Waals surface area contributed by atoms with Gasteiger partial charge in [0.15, 0.2) is 17.3 Å². The molecule has 0 saturated heterocycles. The fraction of sp³-hybridized carbons (Fsp3) is 0.186. The maximum Gasteiger partial charge on any atom is 0.244 e. The second kappa shape index (κ2) is 16.6. The van der Waals surface area contributed by atoms with Crippen molar-refractivity contribution >= 4 is 11.8 Å². The number of hydrogen-bond acceptors (Lipinski definition) is 7. The first-order valence-electron chi connectivity index (χ1n) is 17.4. The highest BCUT2D eigenvalue weighted by Crippen LogP contribution is 2.41. The fourth-order valence-corrected chi connectivity index (χ4v) is 6.72. The lowest BCUT2D eigenvalue weighted by molar-refractivity contribution is -0.127. The molecule has 0 radical (unpaired) electrons. The van der Waals surface area contributed by atoms with Crippen molar-refractivity contribution < 1.29 is 30.0 Å². The number of aromatic hydroxyl groups is 2. The predicted octanol–water partition coefficient (Wildman–Crippen LogP) is 6.18. The second-order valence-electron chi connectivity index (χ2n) is 13.1. The number of phenols is 2. The predicted molar refractivity (Wildman–Crippen MR) is 202 cm³/mol. The molecule has 270 valence electrons. The van der Waals surface area contributed by atoms with Crippen LogP contribution in [0.3, 0.4) is 0 Å². The van der Waals surface area contributed by atoms with Crippen molar-refractivity contribution in [3.05, 3.63) is 185 Å². The summed E-state index contributed by atoms with van der Waals surface area (Å²) < 4.78 is 2.03. The number of rotatable bonds is 14. The third kappa shape index (κ3) is 8.68. The SMILES string of the molecule is O=C(/C=C/C1C=CC(O)=C(O)C1)N[C@@H](Cc1cncn1CC(c1ccccc1)(c1ccccc1)c1ccccc1)C(=O)NCCc1ccc(O)c(O)c1. The summed E-state index contributed by atoms with van der Waals surface area (Å²) in [5.74, 6) is -2.06. The van der Waals surface area contributed by atoms with Gasteiger partial charge in [-0.1, -0.05) is 109 Å². The molecule has 53 heavy (non-hydrogen) atoms. The van der Waals surface area contributed by atoms with Crippen molar-refractivity contribution in [1.82, 2.24) is 20.2 Å². The van der Waals surface area contributed by atoms with Crippen molar-refractivity contribution in [3.63, 3.8) is 0 Å². The first-order valence-corrected chi connectivity index (χ1v) is 17.4. The van der Waals surface area contributed by atoms with Crippen molar-refractivity contribution in [1.29, 1.82) is 0 Å². The Morgan fingerprint density at radius 1 is 0.849 bits per heavy atom. The van der Waals surface area contributed by atoms with Crippen LogP contribution in [0.4, 0.5) is 0 Å². The molecule has 2 atom stereocenters. The lowest BCUT2D eigenvalue weighted by Gasteiger charge is -2.37. The number of benzene rings is 4. The van der Waals surface area contributed by atoms with Gasteiger partial charge in [0, 0.05) is 43.7 Å². The van der Waals surface area contributed by atoms with Crippen molar-refractivity contribution in [2.75, 3.05) is 6.54 Å². The fourth-order valence-electron chi connectivity index (χ4n) is 6.72. The molecule has 1 aromatic heterocycles. The molecule has 1 heterocycles. The van der Waals surface area contributed by atoms with Crippen LogP contribution in [0, 0.1) is 5.92 Å². The zero-order valence-corrected chi connectivity index (χ0v) is 29.0. The zero-order valence-electron chi connectivity index (χ0n) is 29.0. The summed E-state index contributed by atoms with van der Waals surface area (Å²) in [6.07, 6.45) is 10.1. The molecular formula is C43H42N4O6. The van der Waals surface area contributed by atoms with Gasteiger partial charge in [0.2, 0.25) is 11.8 Å². The van der Waals surface area contributed by atoms with Gasteiger partial charge in [0.1, 0.15) is 11.8 Å². The van der Waals surface area contributed by atoms with Crippen LogP contribution < -0.4 is 10.6 Å². The van der Waals surface area contributed by atoms with E-state index in [9.17, 15) is 30.0 Å². The number of allylic oxidation sites excluding steroid dienone is 4. The van der Waals surface area contributed by atoms with E-state index >= 15 is 0 Å². The molecule has 10 nitrogen and oxygen atoms in total. The molecule has 1 unspecified atom stereocenters. The highest BCUT2D eigenvalue weighted by Gasteiger charge is 2.37. The van der Waals surface area contributed by atoms with E-state index in [0.29, 0.717) is 18.5 Å². The van der Waals surface area contributed by atoms with Crippen LogP contribution in [0.1, 0.15) is 34.4 Å². The standard InChI is InChI=1S/C43H42N4O6/c48-37-19-16-30(24-39(37)50)18-21-41(52)46-36(42(53)45-23-22-31-17-20-38(49)40(51)25-31)26-35-27-44-29-47(35)28-43(32-10-4-1-5-11-32,33-12-6-2-7-13-33)34-14-8-3-9-15-34/h1-21,25,27,29-30,36,48-51H,22-24,26,28H2,(H,45,53)(H,46,52)/b21-18+/t30?,36-/m0/s1. The topological polar surface area (TPSA) is 157 Å². The van der Waals surface area contributed by atoms with Crippen LogP contribution in [0.15, 0.2) is 158 Å². The monoisotopic (exact) mass is 710 g/mol. The number of imidazole rings is 1. The van der Waals surface area contributed by atoms with Crippen LogP contribution >= 0.6 is 0 Å². The first-order chi connectivity index (χ1) is 25.7.